The van der Waals surface area contributed by atoms with Crippen molar-refractivity contribution in [2.45, 2.75) is 32.7 Å². The summed E-state index contributed by atoms with van der Waals surface area (Å²) in [5.41, 5.74) is 0. The number of carboxylic acids is 1. The van der Waals surface area contributed by atoms with E-state index in [1.165, 1.54) is 12.0 Å². The standard InChI is InChI=1S/C13H22N2O5/c1-8(11(16)17)9(2)14-13(19)15-6-4-5-10(7-15)12(18)20-3/h8-10H,4-7H2,1-3H3,(H,14,19)(H,16,17). The van der Waals surface area contributed by atoms with Crippen molar-refractivity contribution < 1.29 is 24.2 Å². The van der Waals surface area contributed by atoms with E-state index in [9.17, 15) is 14.4 Å². The van der Waals surface area contributed by atoms with Gasteiger partial charge in [-0.25, -0.2) is 4.79 Å². The molecule has 2 N–H and O–H groups in total. The number of esters is 1. The van der Waals surface area contributed by atoms with Gasteiger partial charge in [-0.05, 0) is 26.7 Å². The second-order valence-electron chi connectivity index (χ2n) is 5.17. The highest BCUT2D eigenvalue weighted by molar-refractivity contribution is 5.78. The number of aliphatic carboxylic acids is 1. The van der Waals surface area contributed by atoms with Crippen molar-refractivity contribution >= 4 is 18.0 Å². The van der Waals surface area contributed by atoms with E-state index in [0.717, 1.165) is 6.42 Å². The predicted octanol–water partition coefficient (Wildman–Crippen LogP) is 0.690. The van der Waals surface area contributed by atoms with Crippen molar-refractivity contribution in [3.05, 3.63) is 0 Å². The Balaban J connectivity index is 2.54. The molecule has 20 heavy (non-hydrogen) atoms. The third-order valence-electron chi connectivity index (χ3n) is 3.73. The van der Waals surface area contributed by atoms with Crippen LogP contribution in [0.15, 0.2) is 0 Å². The molecule has 1 aliphatic rings. The van der Waals surface area contributed by atoms with Crippen LogP contribution < -0.4 is 5.32 Å². The lowest BCUT2D eigenvalue weighted by Gasteiger charge is -2.32. The van der Waals surface area contributed by atoms with Crippen LogP contribution >= 0.6 is 0 Å². The van der Waals surface area contributed by atoms with Crippen LogP contribution in [-0.2, 0) is 14.3 Å². The number of carbonyl (C=O) groups is 3. The first-order chi connectivity index (χ1) is 9.36. The van der Waals surface area contributed by atoms with Gasteiger partial charge in [-0.3, -0.25) is 9.59 Å². The molecule has 3 atom stereocenters. The number of amides is 2. The van der Waals surface area contributed by atoms with Crippen molar-refractivity contribution in [2.24, 2.45) is 11.8 Å². The lowest BCUT2D eigenvalue weighted by molar-refractivity contribution is -0.146. The number of rotatable bonds is 4. The van der Waals surface area contributed by atoms with E-state index in [-0.39, 0.29) is 17.9 Å². The van der Waals surface area contributed by atoms with Crippen LogP contribution in [-0.4, -0.2) is 54.2 Å². The summed E-state index contributed by atoms with van der Waals surface area (Å²) in [6.45, 7) is 4.07. The summed E-state index contributed by atoms with van der Waals surface area (Å²) in [6.07, 6.45) is 1.44. The Morgan fingerprint density at radius 2 is 2.00 bits per heavy atom. The van der Waals surface area contributed by atoms with Gasteiger partial charge in [0.15, 0.2) is 0 Å². The zero-order valence-electron chi connectivity index (χ0n) is 12.1. The van der Waals surface area contributed by atoms with Gasteiger partial charge in [0.2, 0.25) is 0 Å². The number of hydrogen-bond acceptors (Lipinski definition) is 4. The number of carbonyl (C=O) groups excluding carboxylic acids is 2. The lowest BCUT2D eigenvalue weighted by atomic mass is 9.98. The van der Waals surface area contributed by atoms with E-state index < -0.39 is 17.9 Å². The van der Waals surface area contributed by atoms with E-state index in [1.54, 1.807) is 13.8 Å². The molecule has 0 aromatic heterocycles. The average Bonchev–Trinajstić information content (AvgIpc) is 2.45. The maximum Gasteiger partial charge on any atom is 0.317 e. The van der Waals surface area contributed by atoms with Crippen molar-refractivity contribution in [1.82, 2.24) is 10.2 Å². The smallest absolute Gasteiger partial charge is 0.317 e. The quantitative estimate of drug-likeness (QED) is 0.741. The molecule has 1 fully saturated rings. The van der Waals surface area contributed by atoms with Crippen LogP contribution in [0.3, 0.4) is 0 Å². The first-order valence-electron chi connectivity index (χ1n) is 6.72. The van der Waals surface area contributed by atoms with Crippen molar-refractivity contribution in [3.63, 3.8) is 0 Å². The van der Waals surface area contributed by atoms with E-state index in [2.05, 4.69) is 5.32 Å². The summed E-state index contributed by atoms with van der Waals surface area (Å²) < 4.78 is 4.69. The first kappa shape index (κ1) is 16.3. The molecule has 0 aromatic rings. The van der Waals surface area contributed by atoms with Gasteiger partial charge in [-0.1, -0.05) is 0 Å². The van der Waals surface area contributed by atoms with Crippen LogP contribution in [0, 0.1) is 11.8 Å². The molecule has 1 heterocycles. The summed E-state index contributed by atoms with van der Waals surface area (Å²) in [4.78, 5) is 35.9. The van der Waals surface area contributed by atoms with Gasteiger partial charge < -0.3 is 20.1 Å². The molecule has 3 unspecified atom stereocenters. The summed E-state index contributed by atoms with van der Waals surface area (Å²) in [5, 5.41) is 11.6. The molecule has 1 aliphatic heterocycles. The third kappa shape index (κ3) is 4.11. The fraction of sp³-hybridized carbons (Fsp3) is 0.769. The highest BCUT2D eigenvalue weighted by Gasteiger charge is 2.30. The normalized spacial score (nSPS) is 21.8. The van der Waals surface area contributed by atoms with E-state index in [4.69, 9.17) is 9.84 Å². The molecule has 0 saturated carbocycles. The van der Waals surface area contributed by atoms with E-state index >= 15 is 0 Å². The Morgan fingerprint density at radius 1 is 1.35 bits per heavy atom. The Bertz CT molecular complexity index is 385. The van der Waals surface area contributed by atoms with E-state index in [0.29, 0.717) is 19.5 Å². The number of ether oxygens (including phenoxy) is 1. The molecule has 0 aromatic carbocycles. The van der Waals surface area contributed by atoms with Gasteiger partial charge >= 0.3 is 18.0 Å². The number of nitrogens with one attached hydrogen (secondary N) is 1. The second-order valence-corrected chi connectivity index (χ2v) is 5.17. The third-order valence-corrected chi connectivity index (χ3v) is 3.73. The van der Waals surface area contributed by atoms with Crippen LogP contribution in [0.1, 0.15) is 26.7 Å². The maximum atomic E-state index is 12.1. The number of methoxy groups -OCH3 is 1. The zero-order chi connectivity index (χ0) is 15.3. The van der Waals surface area contributed by atoms with Gasteiger partial charge in [0.1, 0.15) is 0 Å². The molecule has 7 heteroatoms. The SMILES string of the molecule is COC(=O)C1CCCN(C(=O)NC(C)C(C)C(=O)O)C1. The largest absolute Gasteiger partial charge is 0.481 e. The summed E-state index contributed by atoms with van der Waals surface area (Å²) >= 11 is 0. The Kier molecular flexibility index (Phi) is 5.79. The van der Waals surface area contributed by atoms with Crippen LogP contribution in [0.5, 0.6) is 0 Å². The highest BCUT2D eigenvalue weighted by atomic mass is 16.5. The summed E-state index contributed by atoms with van der Waals surface area (Å²) in [6, 6.07) is -0.808. The van der Waals surface area contributed by atoms with Crippen molar-refractivity contribution in [1.29, 1.82) is 0 Å². The molecular weight excluding hydrogens is 264 g/mol. The molecular formula is C13H22N2O5. The molecule has 1 saturated heterocycles. The molecule has 0 spiro atoms. The predicted molar refractivity (Wildman–Crippen MR) is 71.1 cm³/mol. The second kappa shape index (κ2) is 7.12. The van der Waals surface area contributed by atoms with Crippen LogP contribution in [0.4, 0.5) is 4.79 Å². The first-order valence-corrected chi connectivity index (χ1v) is 6.72. The van der Waals surface area contributed by atoms with E-state index in [1.807, 2.05) is 0 Å². The van der Waals surface area contributed by atoms with Crippen molar-refractivity contribution in [3.8, 4) is 0 Å². The number of piperidine rings is 1. The fourth-order valence-electron chi connectivity index (χ4n) is 2.15. The summed E-state index contributed by atoms with van der Waals surface area (Å²) in [7, 11) is 1.33. The number of likely N-dealkylation sites (tertiary alicyclic amines) is 1. The molecule has 114 valence electrons. The topological polar surface area (TPSA) is 95.9 Å². The summed E-state index contributed by atoms with van der Waals surface area (Å²) in [5.74, 6) is -2.23. The number of urea groups is 1. The zero-order valence-corrected chi connectivity index (χ0v) is 12.1. The Hall–Kier alpha value is -1.79. The molecule has 0 aliphatic carbocycles. The monoisotopic (exact) mass is 286 g/mol. The number of nitrogens with zero attached hydrogens (tertiary/aromatic N) is 1. The minimum atomic E-state index is -0.955. The minimum absolute atomic E-state index is 0.299. The van der Waals surface area contributed by atoms with Gasteiger partial charge in [0.25, 0.3) is 0 Å². The molecule has 2 amide bonds. The number of hydrogen-bond donors (Lipinski definition) is 2. The molecule has 7 nitrogen and oxygen atoms in total. The molecule has 1 rings (SSSR count). The molecule has 0 bridgehead atoms. The Morgan fingerprint density at radius 3 is 2.55 bits per heavy atom. The van der Waals surface area contributed by atoms with Gasteiger partial charge in [0, 0.05) is 19.1 Å². The fourth-order valence-corrected chi connectivity index (χ4v) is 2.15. The van der Waals surface area contributed by atoms with Crippen molar-refractivity contribution in [2.75, 3.05) is 20.2 Å². The number of carboxylic acid groups (broad SMARTS) is 1. The van der Waals surface area contributed by atoms with Gasteiger partial charge in [-0.2, -0.15) is 0 Å². The van der Waals surface area contributed by atoms with Gasteiger partial charge in [-0.15, -0.1) is 0 Å². The van der Waals surface area contributed by atoms with Crippen LogP contribution in [0.2, 0.25) is 0 Å². The lowest BCUT2D eigenvalue weighted by Crippen LogP contribution is -2.51. The molecule has 0 radical (unpaired) electrons. The highest BCUT2D eigenvalue weighted by Crippen LogP contribution is 2.18. The minimum Gasteiger partial charge on any atom is -0.481 e. The Labute approximate surface area is 118 Å². The van der Waals surface area contributed by atoms with Gasteiger partial charge in [0.05, 0.1) is 18.9 Å². The maximum absolute atomic E-state index is 12.1. The van der Waals surface area contributed by atoms with Crippen LogP contribution in [0.25, 0.3) is 0 Å². The average molecular weight is 286 g/mol.